The van der Waals surface area contributed by atoms with Gasteiger partial charge in [0.2, 0.25) is 0 Å². The van der Waals surface area contributed by atoms with E-state index < -0.39 is 0 Å². The van der Waals surface area contributed by atoms with Crippen molar-refractivity contribution in [3.05, 3.63) is 33.8 Å². The minimum atomic E-state index is 0.00901. The van der Waals surface area contributed by atoms with Gasteiger partial charge in [0.25, 0.3) is 5.91 Å². The van der Waals surface area contributed by atoms with Crippen LogP contribution >= 0.6 is 15.9 Å². The number of nitrogens with one attached hydrogen (secondary N) is 1. The fraction of sp³-hybridized carbons (Fsp3) is 0.438. The smallest absolute Gasteiger partial charge is 0.250 e. The lowest BCUT2D eigenvalue weighted by atomic mass is 10.1. The fourth-order valence-corrected chi connectivity index (χ4v) is 3.27. The molecule has 1 aromatic rings. The lowest BCUT2D eigenvalue weighted by Crippen LogP contribution is -2.35. The first-order valence-corrected chi connectivity index (χ1v) is 7.85. The van der Waals surface area contributed by atoms with Gasteiger partial charge in [-0.05, 0) is 49.5 Å². The maximum absolute atomic E-state index is 12.3. The number of carbonyl (C=O) groups excluding carboxylic acids is 1. The number of carbonyl (C=O) groups is 1. The van der Waals surface area contributed by atoms with Gasteiger partial charge in [-0.25, -0.2) is 0 Å². The minimum Gasteiger partial charge on any atom is -0.488 e. The Morgan fingerprint density at radius 1 is 1.40 bits per heavy atom. The van der Waals surface area contributed by atoms with Crippen LogP contribution in [0.4, 0.5) is 0 Å². The van der Waals surface area contributed by atoms with Crippen molar-refractivity contribution in [1.29, 1.82) is 0 Å². The Kier molecular flexibility index (Phi) is 3.83. The highest BCUT2D eigenvalue weighted by atomic mass is 79.9. The van der Waals surface area contributed by atoms with Crippen molar-refractivity contribution in [3.8, 4) is 5.75 Å². The van der Waals surface area contributed by atoms with Crippen molar-refractivity contribution < 1.29 is 9.53 Å². The second-order valence-electron chi connectivity index (χ2n) is 5.73. The molecular formula is C16H18BrNO2. The van der Waals surface area contributed by atoms with Crippen molar-refractivity contribution in [2.45, 2.75) is 32.2 Å². The molecule has 0 spiro atoms. The fourth-order valence-electron chi connectivity index (χ4n) is 2.90. The average molecular weight is 336 g/mol. The van der Waals surface area contributed by atoms with Crippen LogP contribution in [-0.2, 0) is 4.79 Å². The van der Waals surface area contributed by atoms with E-state index >= 15 is 0 Å². The number of fused-ring (bicyclic) bond motifs is 1. The van der Waals surface area contributed by atoms with Crippen LogP contribution in [0.25, 0.3) is 6.08 Å². The van der Waals surface area contributed by atoms with E-state index in [9.17, 15) is 4.79 Å². The summed E-state index contributed by atoms with van der Waals surface area (Å²) in [6.07, 6.45) is 5.30. The van der Waals surface area contributed by atoms with E-state index in [-0.39, 0.29) is 5.91 Å². The predicted molar refractivity (Wildman–Crippen MR) is 82.6 cm³/mol. The summed E-state index contributed by atoms with van der Waals surface area (Å²) in [5.41, 5.74) is 1.66. The molecule has 1 saturated carbocycles. The molecular weight excluding hydrogens is 318 g/mol. The molecule has 2 unspecified atom stereocenters. The summed E-state index contributed by atoms with van der Waals surface area (Å²) in [7, 11) is 0. The molecule has 0 radical (unpaired) electrons. The summed E-state index contributed by atoms with van der Waals surface area (Å²) in [6.45, 7) is 2.59. The first-order chi connectivity index (χ1) is 9.61. The molecule has 4 heteroatoms. The predicted octanol–water partition coefficient (Wildman–Crippen LogP) is 3.53. The molecule has 1 fully saturated rings. The number of halogens is 1. The second kappa shape index (κ2) is 5.60. The van der Waals surface area contributed by atoms with Crippen LogP contribution < -0.4 is 10.1 Å². The van der Waals surface area contributed by atoms with Crippen molar-refractivity contribution >= 4 is 27.9 Å². The molecule has 1 aliphatic carbocycles. The molecule has 1 aliphatic heterocycles. The highest BCUT2D eigenvalue weighted by Crippen LogP contribution is 2.30. The molecule has 106 valence electrons. The maximum Gasteiger partial charge on any atom is 0.250 e. The third-order valence-electron chi connectivity index (χ3n) is 4.01. The zero-order valence-corrected chi connectivity index (χ0v) is 13.1. The molecule has 1 aromatic carbocycles. The number of rotatable bonds is 2. The Bertz CT molecular complexity index is 568. The van der Waals surface area contributed by atoms with E-state index in [2.05, 4.69) is 28.2 Å². The highest BCUT2D eigenvalue weighted by molar-refractivity contribution is 9.10. The van der Waals surface area contributed by atoms with Crippen molar-refractivity contribution in [1.82, 2.24) is 5.32 Å². The molecule has 1 N–H and O–H groups in total. The van der Waals surface area contributed by atoms with Crippen LogP contribution in [0, 0.1) is 5.92 Å². The third-order valence-corrected chi connectivity index (χ3v) is 4.50. The van der Waals surface area contributed by atoms with Gasteiger partial charge in [-0.1, -0.05) is 22.9 Å². The Morgan fingerprint density at radius 2 is 2.25 bits per heavy atom. The maximum atomic E-state index is 12.3. The summed E-state index contributed by atoms with van der Waals surface area (Å²) in [4.78, 5) is 12.3. The first-order valence-electron chi connectivity index (χ1n) is 7.05. The zero-order valence-electron chi connectivity index (χ0n) is 11.5. The largest absolute Gasteiger partial charge is 0.488 e. The number of benzene rings is 1. The van der Waals surface area contributed by atoms with Gasteiger partial charge in [0.05, 0.1) is 5.57 Å². The van der Waals surface area contributed by atoms with E-state index in [0.29, 0.717) is 24.1 Å². The molecule has 0 bridgehead atoms. The van der Waals surface area contributed by atoms with Gasteiger partial charge in [0, 0.05) is 16.1 Å². The van der Waals surface area contributed by atoms with Gasteiger partial charge in [0.1, 0.15) is 12.4 Å². The standard InChI is InChI=1S/C16H18BrNO2/c1-10-2-4-14(6-10)18-16(19)12-7-11-8-13(17)3-5-15(11)20-9-12/h3,5,7-8,10,14H,2,4,6,9H2,1H3,(H,18,19). The van der Waals surface area contributed by atoms with Gasteiger partial charge in [-0.15, -0.1) is 0 Å². The SMILES string of the molecule is CC1CCC(NC(=O)C2=Cc3cc(Br)ccc3OC2)C1. The molecule has 3 rings (SSSR count). The Balaban J connectivity index is 1.72. The lowest BCUT2D eigenvalue weighted by Gasteiger charge is -2.19. The van der Waals surface area contributed by atoms with Crippen LogP contribution in [-0.4, -0.2) is 18.6 Å². The van der Waals surface area contributed by atoms with E-state index in [1.807, 2.05) is 24.3 Å². The van der Waals surface area contributed by atoms with E-state index in [0.717, 1.165) is 28.6 Å². The lowest BCUT2D eigenvalue weighted by molar-refractivity contribution is -0.118. The summed E-state index contributed by atoms with van der Waals surface area (Å²) >= 11 is 3.44. The molecule has 2 aliphatic rings. The monoisotopic (exact) mass is 335 g/mol. The van der Waals surface area contributed by atoms with E-state index in [4.69, 9.17) is 4.74 Å². The van der Waals surface area contributed by atoms with E-state index in [1.165, 1.54) is 6.42 Å². The van der Waals surface area contributed by atoms with Crippen molar-refractivity contribution in [2.24, 2.45) is 5.92 Å². The van der Waals surface area contributed by atoms with Crippen molar-refractivity contribution in [3.63, 3.8) is 0 Å². The molecule has 1 amide bonds. The number of amides is 1. The van der Waals surface area contributed by atoms with E-state index in [1.54, 1.807) is 0 Å². The number of hydrogen-bond acceptors (Lipinski definition) is 2. The minimum absolute atomic E-state index is 0.00901. The summed E-state index contributed by atoms with van der Waals surface area (Å²) in [6, 6.07) is 6.16. The number of hydrogen-bond donors (Lipinski definition) is 1. The molecule has 1 heterocycles. The number of ether oxygens (including phenoxy) is 1. The summed E-state index contributed by atoms with van der Waals surface area (Å²) < 4.78 is 6.64. The van der Waals surface area contributed by atoms with Gasteiger partial charge in [-0.2, -0.15) is 0 Å². The second-order valence-corrected chi connectivity index (χ2v) is 6.64. The topological polar surface area (TPSA) is 38.3 Å². The van der Waals surface area contributed by atoms with Gasteiger partial charge < -0.3 is 10.1 Å². The van der Waals surface area contributed by atoms with Gasteiger partial charge in [0.15, 0.2) is 0 Å². The Morgan fingerprint density at radius 3 is 3.00 bits per heavy atom. The molecule has 2 atom stereocenters. The highest BCUT2D eigenvalue weighted by Gasteiger charge is 2.25. The summed E-state index contributed by atoms with van der Waals surface area (Å²) in [5.74, 6) is 1.56. The van der Waals surface area contributed by atoms with Crippen LogP contribution in [0.15, 0.2) is 28.2 Å². The Labute approximate surface area is 127 Å². The average Bonchev–Trinajstić information content (AvgIpc) is 2.83. The third kappa shape index (κ3) is 2.90. The normalized spacial score (nSPS) is 24.6. The summed E-state index contributed by atoms with van der Waals surface area (Å²) in [5, 5.41) is 3.13. The quantitative estimate of drug-likeness (QED) is 0.897. The van der Waals surface area contributed by atoms with Crippen molar-refractivity contribution in [2.75, 3.05) is 6.61 Å². The van der Waals surface area contributed by atoms with Crippen LogP contribution in [0.1, 0.15) is 31.7 Å². The molecule has 0 saturated heterocycles. The Hall–Kier alpha value is -1.29. The molecule has 0 aromatic heterocycles. The van der Waals surface area contributed by atoms with Crippen LogP contribution in [0.2, 0.25) is 0 Å². The molecule has 3 nitrogen and oxygen atoms in total. The first kappa shape index (κ1) is 13.7. The van der Waals surface area contributed by atoms with Crippen LogP contribution in [0.3, 0.4) is 0 Å². The van der Waals surface area contributed by atoms with Gasteiger partial charge in [-0.3, -0.25) is 4.79 Å². The van der Waals surface area contributed by atoms with Crippen LogP contribution in [0.5, 0.6) is 5.75 Å². The van der Waals surface area contributed by atoms with Gasteiger partial charge >= 0.3 is 0 Å². The molecule has 20 heavy (non-hydrogen) atoms. The zero-order chi connectivity index (χ0) is 14.1.